The summed E-state index contributed by atoms with van der Waals surface area (Å²) in [6.45, 7) is 2.36. The van der Waals surface area contributed by atoms with E-state index in [9.17, 15) is 4.79 Å². The van der Waals surface area contributed by atoms with Crippen LogP contribution in [0, 0.1) is 0 Å². The third-order valence-electron chi connectivity index (χ3n) is 4.32. The van der Waals surface area contributed by atoms with E-state index in [1.54, 1.807) is 7.11 Å². The number of amides is 1. The van der Waals surface area contributed by atoms with Gasteiger partial charge in [0.25, 0.3) is 0 Å². The number of aromatic nitrogens is 1. The lowest BCUT2D eigenvalue weighted by Gasteiger charge is -2.32. The van der Waals surface area contributed by atoms with E-state index >= 15 is 0 Å². The minimum atomic E-state index is -0.443. The maximum atomic E-state index is 12.2. The van der Waals surface area contributed by atoms with Crippen LogP contribution in [0.4, 0.5) is 10.5 Å². The van der Waals surface area contributed by atoms with Crippen molar-refractivity contribution < 1.29 is 14.3 Å². The topological polar surface area (TPSA) is 72.5 Å². The number of nitrogens with zero attached hydrogens (tertiary/aromatic N) is 1. The average Bonchev–Trinajstić information content (AvgIpc) is 2.66. The van der Waals surface area contributed by atoms with Gasteiger partial charge in [-0.1, -0.05) is 37.3 Å². The van der Waals surface area contributed by atoms with E-state index in [-0.39, 0.29) is 18.7 Å². The van der Waals surface area contributed by atoms with Crippen molar-refractivity contribution in [3.63, 3.8) is 0 Å². The number of rotatable bonds is 5. The predicted molar refractivity (Wildman–Crippen MR) is 95.6 cm³/mol. The van der Waals surface area contributed by atoms with Crippen LogP contribution in [0.25, 0.3) is 0 Å². The van der Waals surface area contributed by atoms with Crippen molar-refractivity contribution in [1.82, 2.24) is 10.3 Å². The molecule has 0 bridgehead atoms. The second-order valence-electron chi connectivity index (χ2n) is 6.03. The summed E-state index contributed by atoms with van der Waals surface area (Å²) in [5.74, 6) is 0.528. The van der Waals surface area contributed by atoms with Gasteiger partial charge in [-0.05, 0) is 24.5 Å². The average molecular weight is 341 g/mol. The summed E-state index contributed by atoms with van der Waals surface area (Å²) in [7, 11) is 1.58. The molecule has 2 aromatic rings. The quantitative estimate of drug-likeness (QED) is 0.868. The Kier molecular flexibility index (Phi) is 5.38. The predicted octanol–water partition coefficient (Wildman–Crippen LogP) is 3.65. The maximum Gasteiger partial charge on any atom is 0.408 e. The first-order valence-electron chi connectivity index (χ1n) is 8.48. The molecular weight excluding hydrogens is 318 g/mol. The first-order chi connectivity index (χ1) is 12.2. The number of carbonyl (C=O) groups excluding carboxylic acids is 1. The van der Waals surface area contributed by atoms with Gasteiger partial charge in [-0.15, -0.1) is 0 Å². The molecule has 1 aromatic carbocycles. The zero-order valence-corrected chi connectivity index (χ0v) is 14.5. The van der Waals surface area contributed by atoms with E-state index in [2.05, 4.69) is 22.5 Å². The maximum absolute atomic E-state index is 12.2. The van der Waals surface area contributed by atoms with Gasteiger partial charge in [-0.3, -0.25) is 0 Å². The summed E-state index contributed by atoms with van der Waals surface area (Å²) >= 11 is 0. The van der Waals surface area contributed by atoms with Gasteiger partial charge >= 0.3 is 6.09 Å². The molecule has 132 valence electrons. The van der Waals surface area contributed by atoms with Crippen LogP contribution in [0.1, 0.15) is 37.1 Å². The van der Waals surface area contributed by atoms with Crippen LogP contribution >= 0.6 is 0 Å². The Bertz CT molecular complexity index is 721. The van der Waals surface area contributed by atoms with E-state index in [4.69, 9.17) is 9.47 Å². The van der Waals surface area contributed by atoms with E-state index in [0.717, 1.165) is 29.8 Å². The van der Waals surface area contributed by atoms with Crippen molar-refractivity contribution in [2.24, 2.45) is 0 Å². The molecule has 0 radical (unpaired) electrons. The highest BCUT2D eigenvalue weighted by atomic mass is 16.5. The zero-order chi connectivity index (χ0) is 17.6. The number of ether oxygens (including phenoxy) is 2. The minimum absolute atomic E-state index is 0.209. The normalized spacial score (nSPS) is 18.6. The second-order valence-corrected chi connectivity index (χ2v) is 6.03. The number of hydrogen-bond donors (Lipinski definition) is 2. The lowest BCUT2D eigenvalue weighted by Crippen LogP contribution is -2.38. The molecule has 6 nitrogen and oxygen atoms in total. The van der Waals surface area contributed by atoms with Crippen molar-refractivity contribution in [2.45, 2.75) is 38.5 Å². The number of carbonyl (C=O) groups is 1. The number of fused-ring (bicyclic) bond motifs is 1. The van der Waals surface area contributed by atoms with Crippen molar-refractivity contribution in [3.8, 4) is 5.88 Å². The Morgan fingerprint density at radius 2 is 2.08 bits per heavy atom. The molecular formula is C19H23N3O3. The van der Waals surface area contributed by atoms with Crippen molar-refractivity contribution in [2.75, 3.05) is 12.4 Å². The Labute approximate surface area is 147 Å². The molecule has 1 amide bonds. The molecule has 25 heavy (non-hydrogen) atoms. The number of pyridine rings is 1. The van der Waals surface area contributed by atoms with E-state index < -0.39 is 6.09 Å². The van der Waals surface area contributed by atoms with Crippen molar-refractivity contribution >= 4 is 11.8 Å². The van der Waals surface area contributed by atoms with Crippen LogP contribution in [-0.2, 0) is 11.3 Å². The highest BCUT2D eigenvalue weighted by Gasteiger charge is 2.29. The summed E-state index contributed by atoms with van der Waals surface area (Å²) in [4.78, 5) is 16.7. The van der Waals surface area contributed by atoms with Crippen LogP contribution < -0.4 is 15.4 Å². The van der Waals surface area contributed by atoms with E-state index in [0.29, 0.717) is 5.88 Å². The number of anilines is 1. The van der Waals surface area contributed by atoms with E-state index in [1.807, 2.05) is 42.5 Å². The molecule has 2 N–H and O–H groups in total. The lowest BCUT2D eigenvalue weighted by atomic mass is 9.96. The highest BCUT2D eigenvalue weighted by Crippen LogP contribution is 2.33. The van der Waals surface area contributed by atoms with Crippen molar-refractivity contribution in [3.05, 3.63) is 53.7 Å². The molecule has 1 aliphatic rings. The Morgan fingerprint density at radius 1 is 1.28 bits per heavy atom. The zero-order valence-electron chi connectivity index (χ0n) is 14.5. The van der Waals surface area contributed by atoms with Crippen LogP contribution in [-0.4, -0.2) is 24.2 Å². The molecule has 6 heteroatoms. The second kappa shape index (κ2) is 7.88. The van der Waals surface area contributed by atoms with E-state index in [1.165, 1.54) is 0 Å². The molecule has 0 saturated carbocycles. The SMILES string of the molecule is CCC1C[C@H](NC(=O)OCc2ccccc2)c2nc(OC)ccc2N1. The number of hydrogen-bond acceptors (Lipinski definition) is 5. The van der Waals surface area contributed by atoms with Gasteiger partial charge in [-0.25, -0.2) is 9.78 Å². The van der Waals surface area contributed by atoms with Gasteiger partial charge in [-0.2, -0.15) is 0 Å². The number of nitrogens with one attached hydrogen (secondary N) is 2. The van der Waals surface area contributed by atoms with Gasteiger partial charge in [0.15, 0.2) is 0 Å². The first kappa shape index (κ1) is 17.1. The molecule has 1 unspecified atom stereocenters. The Balaban J connectivity index is 1.69. The summed E-state index contributed by atoms with van der Waals surface area (Å²) in [6, 6.07) is 13.4. The first-order valence-corrected chi connectivity index (χ1v) is 8.48. The minimum Gasteiger partial charge on any atom is -0.481 e. The Hall–Kier alpha value is -2.76. The molecule has 1 aliphatic heterocycles. The van der Waals surface area contributed by atoms with Crippen LogP contribution in [0.3, 0.4) is 0 Å². The molecule has 0 spiro atoms. The van der Waals surface area contributed by atoms with Gasteiger partial charge < -0.3 is 20.1 Å². The fraction of sp³-hybridized carbons (Fsp3) is 0.368. The standard InChI is InChI=1S/C19H23N3O3/c1-3-14-11-16(18-15(20-14)9-10-17(22-18)24-2)21-19(23)25-12-13-7-5-4-6-8-13/h4-10,14,16,20H,3,11-12H2,1-2H3,(H,21,23)/t14?,16-/m0/s1. The highest BCUT2D eigenvalue weighted by molar-refractivity contribution is 5.69. The van der Waals surface area contributed by atoms with Gasteiger partial charge in [0, 0.05) is 12.1 Å². The van der Waals surface area contributed by atoms with Crippen LogP contribution in [0.5, 0.6) is 5.88 Å². The number of benzene rings is 1. The summed E-state index contributed by atoms with van der Waals surface area (Å²) in [5.41, 5.74) is 2.66. The van der Waals surface area contributed by atoms with Crippen LogP contribution in [0.15, 0.2) is 42.5 Å². The lowest BCUT2D eigenvalue weighted by molar-refractivity contribution is 0.134. The Morgan fingerprint density at radius 3 is 2.80 bits per heavy atom. The third kappa shape index (κ3) is 4.21. The fourth-order valence-electron chi connectivity index (χ4n) is 2.94. The molecule has 0 saturated heterocycles. The molecule has 2 atom stereocenters. The summed E-state index contributed by atoms with van der Waals surface area (Å²) in [5, 5.41) is 6.39. The summed E-state index contributed by atoms with van der Waals surface area (Å²) < 4.78 is 10.6. The summed E-state index contributed by atoms with van der Waals surface area (Å²) in [6.07, 6.45) is 1.27. The molecule has 0 aliphatic carbocycles. The van der Waals surface area contributed by atoms with Crippen molar-refractivity contribution in [1.29, 1.82) is 0 Å². The molecule has 1 aromatic heterocycles. The smallest absolute Gasteiger partial charge is 0.408 e. The fourth-order valence-corrected chi connectivity index (χ4v) is 2.94. The molecule has 0 fully saturated rings. The number of alkyl carbamates (subject to hydrolysis) is 1. The molecule has 3 rings (SSSR count). The van der Waals surface area contributed by atoms with Gasteiger partial charge in [0.05, 0.1) is 24.5 Å². The largest absolute Gasteiger partial charge is 0.481 e. The number of methoxy groups -OCH3 is 1. The molecule has 2 heterocycles. The van der Waals surface area contributed by atoms with Gasteiger partial charge in [0.2, 0.25) is 5.88 Å². The van der Waals surface area contributed by atoms with Gasteiger partial charge in [0.1, 0.15) is 6.61 Å². The van der Waals surface area contributed by atoms with Crippen LogP contribution in [0.2, 0.25) is 0 Å². The third-order valence-corrected chi connectivity index (χ3v) is 4.32. The monoisotopic (exact) mass is 341 g/mol.